The summed E-state index contributed by atoms with van der Waals surface area (Å²) in [4.78, 5) is 11.4. The van der Waals surface area contributed by atoms with Crippen LogP contribution in [0.25, 0.3) is 0 Å². The van der Waals surface area contributed by atoms with Gasteiger partial charge in [-0.1, -0.05) is 20.8 Å². The van der Waals surface area contributed by atoms with Crippen molar-refractivity contribution in [2.45, 2.75) is 53.2 Å². The maximum atomic E-state index is 12.7. The standard InChI is InChI=1S/C11H22FNO2/c1-10(2,3)8(7-12)13-9(14)15-11(4,5)6/h8H,7H2,1-6H3,(H,13,14). The lowest BCUT2D eigenvalue weighted by Crippen LogP contribution is -2.47. The van der Waals surface area contributed by atoms with Crippen LogP contribution in [0.1, 0.15) is 41.5 Å². The van der Waals surface area contributed by atoms with Gasteiger partial charge in [0.25, 0.3) is 0 Å². The monoisotopic (exact) mass is 219 g/mol. The molecular formula is C11H22FNO2. The Morgan fingerprint density at radius 1 is 1.27 bits per heavy atom. The number of halogens is 1. The minimum atomic E-state index is -0.595. The number of rotatable bonds is 2. The molecule has 90 valence electrons. The third-order valence-corrected chi connectivity index (χ3v) is 1.89. The highest BCUT2D eigenvalue weighted by Gasteiger charge is 2.28. The molecule has 4 heteroatoms. The summed E-state index contributed by atoms with van der Waals surface area (Å²) < 4.78 is 17.7. The zero-order valence-corrected chi connectivity index (χ0v) is 10.5. The third kappa shape index (κ3) is 6.31. The summed E-state index contributed by atoms with van der Waals surface area (Å²) in [5, 5.41) is 2.53. The number of alkyl halides is 1. The lowest BCUT2D eigenvalue weighted by molar-refractivity contribution is 0.0448. The van der Waals surface area contributed by atoms with Gasteiger partial charge in [-0.15, -0.1) is 0 Å². The first-order valence-corrected chi connectivity index (χ1v) is 5.12. The first-order valence-electron chi connectivity index (χ1n) is 5.12. The molecule has 1 atom stereocenters. The van der Waals surface area contributed by atoms with Crippen molar-refractivity contribution in [3.8, 4) is 0 Å². The van der Waals surface area contributed by atoms with E-state index < -0.39 is 24.4 Å². The first kappa shape index (κ1) is 14.2. The highest BCUT2D eigenvalue weighted by atomic mass is 19.1. The predicted octanol–water partition coefficient (Wildman–Crippen LogP) is 2.90. The molecular weight excluding hydrogens is 197 g/mol. The molecule has 1 unspecified atom stereocenters. The summed E-state index contributed by atoms with van der Waals surface area (Å²) in [6, 6.07) is -0.521. The van der Waals surface area contributed by atoms with Crippen LogP contribution >= 0.6 is 0 Å². The van der Waals surface area contributed by atoms with E-state index in [9.17, 15) is 9.18 Å². The summed E-state index contributed by atoms with van der Waals surface area (Å²) in [7, 11) is 0. The SMILES string of the molecule is CC(C)(C)OC(=O)NC(CF)C(C)(C)C. The molecule has 0 fully saturated rings. The van der Waals surface area contributed by atoms with Gasteiger partial charge >= 0.3 is 6.09 Å². The number of alkyl carbamates (subject to hydrolysis) is 1. The van der Waals surface area contributed by atoms with Crippen molar-refractivity contribution in [1.29, 1.82) is 0 Å². The second kappa shape index (κ2) is 4.81. The lowest BCUT2D eigenvalue weighted by atomic mass is 9.88. The van der Waals surface area contributed by atoms with Gasteiger partial charge in [-0.3, -0.25) is 0 Å². The molecule has 0 aliphatic rings. The number of amides is 1. The Bertz CT molecular complexity index is 216. The Balaban J connectivity index is 4.27. The van der Waals surface area contributed by atoms with Crippen molar-refractivity contribution < 1.29 is 13.9 Å². The van der Waals surface area contributed by atoms with Gasteiger partial charge in [0.1, 0.15) is 12.3 Å². The number of ether oxygens (including phenoxy) is 1. The van der Waals surface area contributed by atoms with Crippen molar-refractivity contribution in [3.63, 3.8) is 0 Å². The van der Waals surface area contributed by atoms with Crippen molar-refractivity contribution >= 4 is 6.09 Å². The topological polar surface area (TPSA) is 38.3 Å². The van der Waals surface area contributed by atoms with E-state index in [1.807, 2.05) is 20.8 Å². The molecule has 0 aliphatic carbocycles. The zero-order valence-electron chi connectivity index (χ0n) is 10.5. The number of hydrogen-bond acceptors (Lipinski definition) is 2. The normalized spacial score (nSPS) is 14.6. The molecule has 15 heavy (non-hydrogen) atoms. The zero-order chi connectivity index (χ0) is 12.3. The summed E-state index contributed by atoms with van der Waals surface area (Å²) in [6.45, 7) is 10.3. The van der Waals surface area contributed by atoms with Gasteiger partial charge in [0.15, 0.2) is 0 Å². The molecule has 1 amide bonds. The molecule has 0 aromatic rings. The Hall–Kier alpha value is -0.800. The van der Waals surface area contributed by atoms with Gasteiger partial charge in [-0.25, -0.2) is 9.18 Å². The van der Waals surface area contributed by atoms with Gasteiger partial charge in [0, 0.05) is 0 Å². The van der Waals surface area contributed by atoms with E-state index in [-0.39, 0.29) is 5.41 Å². The Labute approximate surface area is 91.4 Å². The van der Waals surface area contributed by atoms with Crippen molar-refractivity contribution in [1.82, 2.24) is 5.32 Å². The minimum absolute atomic E-state index is 0.314. The van der Waals surface area contributed by atoms with Gasteiger partial charge in [-0.05, 0) is 26.2 Å². The average molecular weight is 219 g/mol. The third-order valence-electron chi connectivity index (χ3n) is 1.89. The molecule has 0 heterocycles. The van der Waals surface area contributed by atoms with Gasteiger partial charge in [0.2, 0.25) is 0 Å². The van der Waals surface area contributed by atoms with Crippen LogP contribution in [0.15, 0.2) is 0 Å². The molecule has 0 saturated heterocycles. The van der Waals surface area contributed by atoms with Crippen LogP contribution in [0.2, 0.25) is 0 Å². The average Bonchev–Trinajstić information content (AvgIpc) is 1.94. The van der Waals surface area contributed by atoms with Gasteiger partial charge in [0.05, 0.1) is 6.04 Å². The molecule has 0 bridgehead atoms. The number of carbonyl (C=O) groups is 1. The summed E-state index contributed by atoms with van der Waals surface area (Å²) in [5.41, 5.74) is -0.867. The van der Waals surface area contributed by atoms with Crippen LogP contribution in [-0.2, 0) is 4.74 Å². The largest absolute Gasteiger partial charge is 0.444 e. The molecule has 0 saturated carbocycles. The van der Waals surface area contributed by atoms with Gasteiger partial charge in [-0.2, -0.15) is 0 Å². The fourth-order valence-corrected chi connectivity index (χ4v) is 0.936. The Morgan fingerprint density at radius 3 is 2.00 bits per heavy atom. The second-order valence-electron chi connectivity index (χ2n) is 5.72. The number of nitrogens with one attached hydrogen (secondary N) is 1. The molecule has 0 radical (unpaired) electrons. The molecule has 0 aromatic carbocycles. The van der Waals surface area contributed by atoms with Crippen molar-refractivity contribution in [2.75, 3.05) is 6.67 Å². The lowest BCUT2D eigenvalue weighted by Gasteiger charge is -2.30. The van der Waals surface area contributed by atoms with Crippen LogP contribution in [0.3, 0.4) is 0 Å². The van der Waals surface area contributed by atoms with Crippen LogP contribution in [0.5, 0.6) is 0 Å². The summed E-state index contributed by atoms with van der Waals surface area (Å²) in [6.07, 6.45) is -0.569. The van der Waals surface area contributed by atoms with E-state index in [2.05, 4.69) is 5.32 Å². The quantitative estimate of drug-likeness (QED) is 0.775. The maximum Gasteiger partial charge on any atom is 0.407 e. The van der Waals surface area contributed by atoms with Gasteiger partial charge < -0.3 is 10.1 Å². The van der Waals surface area contributed by atoms with Crippen LogP contribution in [0.4, 0.5) is 9.18 Å². The van der Waals surface area contributed by atoms with E-state index in [1.165, 1.54) is 0 Å². The summed E-state index contributed by atoms with van der Waals surface area (Å²) in [5.74, 6) is 0. The van der Waals surface area contributed by atoms with Crippen LogP contribution < -0.4 is 5.32 Å². The van der Waals surface area contributed by atoms with E-state index in [4.69, 9.17) is 4.74 Å². The molecule has 3 nitrogen and oxygen atoms in total. The molecule has 0 spiro atoms. The Morgan fingerprint density at radius 2 is 1.73 bits per heavy atom. The van der Waals surface area contributed by atoms with Crippen molar-refractivity contribution in [2.24, 2.45) is 5.41 Å². The molecule has 0 rings (SSSR count). The van der Waals surface area contributed by atoms with Crippen molar-refractivity contribution in [3.05, 3.63) is 0 Å². The highest BCUT2D eigenvalue weighted by Crippen LogP contribution is 2.20. The van der Waals surface area contributed by atoms with E-state index in [0.717, 1.165) is 0 Å². The van der Waals surface area contributed by atoms with Crippen LogP contribution in [-0.4, -0.2) is 24.4 Å². The fraction of sp³-hybridized carbons (Fsp3) is 0.909. The molecule has 0 aliphatic heterocycles. The molecule has 1 N–H and O–H groups in total. The fourth-order valence-electron chi connectivity index (χ4n) is 0.936. The highest BCUT2D eigenvalue weighted by molar-refractivity contribution is 5.68. The second-order valence-corrected chi connectivity index (χ2v) is 5.72. The van der Waals surface area contributed by atoms with E-state index >= 15 is 0 Å². The molecule has 0 aromatic heterocycles. The maximum absolute atomic E-state index is 12.7. The minimum Gasteiger partial charge on any atom is -0.444 e. The predicted molar refractivity (Wildman–Crippen MR) is 58.6 cm³/mol. The number of carbonyl (C=O) groups excluding carboxylic acids is 1. The smallest absolute Gasteiger partial charge is 0.407 e. The summed E-state index contributed by atoms with van der Waals surface area (Å²) >= 11 is 0. The van der Waals surface area contributed by atoms with E-state index in [1.54, 1.807) is 20.8 Å². The Kier molecular flexibility index (Phi) is 4.56. The van der Waals surface area contributed by atoms with Crippen LogP contribution in [0, 0.1) is 5.41 Å². The number of hydrogen-bond donors (Lipinski definition) is 1. The first-order chi connectivity index (χ1) is 6.56. The van der Waals surface area contributed by atoms with E-state index in [0.29, 0.717) is 0 Å².